The Morgan fingerprint density at radius 2 is 2.00 bits per heavy atom. The quantitative estimate of drug-likeness (QED) is 0.597. The Kier molecular flexibility index (Phi) is 2.74. The maximum absolute atomic E-state index is 5.68. The molecule has 0 aromatic carbocycles. The second kappa shape index (κ2) is 3.61. The van der Waals surface area contributed by atoms with E-state index in [2.05, 4.69) is 5.59 Å². The van der Waals surface area contributed by atoms with Crippen molar-refractivity contribution in [3.05, 3.63) is 0 Å². The highest BCUT2D eigenvalue weighted by Gasteiger charge is 2.52. The molecule has 82 valence electrons. The van der Waals surface area contributed by atoms with E-state index in [0.717, 1.165) is 18.4 Å². The van der Waals surface area contributed by atoms with Crippen LogP contribution in [0.5, 0.6) is 0 Å². The molecule has 0 aromatic rings. The SMILES string of the molecule is Cl.NN1CC2(CC3CCC2CC3)ON1. The highest BCUT2D eigenvalue weighted by molar-refractivity contribution is 5.85. The number of nitrogens with one attached hydrogen (secondary N) is 1. The molecule has 1 atom stereocenters. The van der Waals surface area contributed by atoms with Gasteiger partial charge < -0.3 is 0 Å². The van der Waals surface area contributed by atoms with Gasteiger partial charge in [0.25, 0.3) is 0 Å². The van der Waals surface area contributed by atoms with Crippen LogP contribution in [-0.4, -0.2) is 17.3 Å². The van der Waals surface area contributed by atoms with Crippen LogP contribution in [0, 0.1) is 11.8 Å². The van der Waals surface area contributed by atoms with Crippen LogP contribution < -0.4 is 11.4 Å². The van der Waals surface area contributed by atoms with Gasteiger partial charge in [0.15, 0.2) is 0 Å². The average Bonchev–Trinajstić information content (AvgIpc) is 2.49. The first kappa shape index (κ1) is 10.6. The third-order valence-electron chi connectivity index (χ3n) is 4.03. The Balaban J connectivity index is 0.000000750. The molecule has 2 bridgehead atoms. The first-order valence-corrected chi connectivity index (χ1v) is 5.24. The summed E-state index contributed by atoms with van der Waals surface area (Å²) in [5.41, 5.74) is 2.83. The molecule has 4 rings (SSSR count). The normalized spacial score (nSPS) is 46.9. The van der Waals surface area contributed by atoms with E-state index in [9.17, 15) is 0 Å². The number of nitrogens with zero attached hydrogens (tertiary/aromatic N) is 1. The zero-order valence-electron chi connectivity index (χ0n) is 8.24. The van der Waals surface area contributed by atoms with Crippen molar-refractivity contribution in [1.82, 2.24) is 10.7 Å². The molecule has 4 aliphatic rings. The summed E-state index contributed by atoms with van der Waals surface area (Å²) in [5.74, 6) is 7.29. The molecular formula is C9H18ClN3O. The van der Waals surface area contributed by atoms with Crippen molar-refractivity contribution in [2.24, 2.45) is 17.7 Å². The van der Waals surface area contributed by atoms with Crippen molar-refractivity contribution in [2.45, 2.75) is 37.7 Å². The standard InChI is InChI=1S/C9H17N3O.ClH/c10-12-6-9(13-11-12)5-7-1-3-8(9)4-2-7;/h7-8,11H,1-6,10H2;1H. The summed E-state index contributed by atoms with van der Waals surface area (Å²) < 4.78 is 0. The molecule has 4 fully saturated rings. The van der Waals surface area contributed by atoms with Gasteiger partial charge in [-0.25, -0.2) is 0 Å². The minimum atomic E-state index is 0. The minimum Gasteiger partial charge on any atom is -0.277 e. The van der Waals surface area contributed by atoms with Gasteiger partial charge in [-0.05, 0) is 43.9 Å². The van der Waals surface area contributed by atoms with Crippen LogP contribution in [0.1, 0.15) is 32.1 Å². The van der Waals surface area contributed by atoms with Gasteiger partial charge in [0, 0.05) is 0 Å². The third-order valence-corrected chi connectivity index (χ3v) is 4.03. The van der Waals surface area contributed by atoms with E-state index in [1.54, 1.807) is 5.12 Å². The predicted octanol–water partition coefficient (Wildman–Crippen LogP) is 0.983. The Morgan fingerprint density at radius 3 is 2.43 bits per heavy atom. The van der Waals surface area contributed by atoms with E-state index in [1.165, 1.54) is 32.1 Å². The monoisotopic (exact) mass is 219 g/mol. The Morgan fingerprint density at radius 1 is 1.29 bits per heavy atom. The Hall–Kier alpha value is 0.130. The number of hydrogen-bond acceptors (Lipinski definition) is 4. The topological polar surface area (TPSA) is 50.5 Å². The highest BCUT2D eigenvalue weighted by atomic mass is 35.5. The van der Waals surface area contributed by atoms with Crippen molar-refractivity contribution in [3.63, 3.8) is 0 Å². The predicted molar refractivity (Wildman–Crippen MR) is 55.2 cm³/mol. The molecule has 3 aliphatic carbocycles. The van der Waals surface area contributed by atoms with Crippen molar-refractivity contribution < 1.29 is 4.84 Å². The van der Waals surface area contributed by atoms with Crippen molar-refractivity contribution in [2.75, 3.05) is 6.54 Å². The Bertz CT molecular complexity index is 220. The molecule has 0 amide bonds. The largest absolute Gasteiger partial charge is 0.277 e. The van der Waals surface area contributed by atoms with Gasteiger partial charge in [-0.2, -0.15) is 5.12 Å². The fraction of sp³-hybridized carbons (Fsp3) is 1.00. The summed E-state index contributed by atoms with van der Waals surface area (Å²) in [6.45, 7) is 0.855. The van der Waals surface area contributed by atoms with Gasteiger partial charge in [0.05, 0.1) is 6.54 Å². The summed E-state index contributed by atoms with van der Waals surface area (Å²) in [5, 5.41) is 1.58. The molecule has 3 saturated carbocycles. The summed E-state index contributed by atoms with van der Waals surface area (Å²) in [7, 11) is 0. The molecule has 1 unspecified atom stereocenters. The highest BCUT2D eigenvalue weighted by Crippen LogP contribution is 2.50. The van der Waals surface area contributed by atoms with Gasteiger partial charge in [-0.1, -0.05) is 0 Å². The maximum Gasteiger partial charge on any atom is 0.110 e. The lowest BCUT2D eigenvalue weighted by Crippen LogP contribution is -2.50. The lowest BCUT2D eigenvalue weighted by atomic mass is 9.62. The molecule has 1 aliphatic heterocycles. The Labute approximate surface area is 90.5 Å². The minimum absolute atomic E-state index is 0. The van der Waals surface area contributed by atoms with E-state index in [0.29, 0.717) is 0 Å². The van der Waals surface area contributed by atoms with Crippen LogP contribution in [0.4, 0.5) is 0 Å². The molecular weight excluding hydrogens is 202 g/mol. The average molecular weight is 220 g/mol. The van der Waals surface area contributed by atoms with Crippen molar-refractivity contribution in [3.8, 4) is 0 Å². The van der Waals surface area contributed by atoms with Gasteiger partial charge in [0.2, 0.25) is 0 Å². The first-order chi connectivity index (χ1) is 6.28. The maximum atomic E-state index is 5.68. The fourth-order valence-electron chi connectivity index (χ4n) is 3.37. The summed E-state index contributed by atoms with van der Waals surface area (Å²) >= 11 is 0. The van der Waals surface area contributed by atoms with Gasteiger partial charge in [-0.15, -0.1) is 18.0 Å². The van der Waals surface area contributed by atoms with Crippen LogP contribution in [0.25, 0.3) is 0 Å². The van der Waals surface area contributed by atoms with Crippen LogP contribution in [0.3, 0.4) is 0 Å². The van der Waals surface area contributed by atoms with E-state index in [4.69, 9.17) is 10.7 Å². The second-order valence-corrected chi connectivity index (χ2v) is 4.81. The van der Waals surface area contributed by atoms with Crippen molar-refractivity contribution >= 4 is 12.4 Å². The molecule has 0 radical (unpaired) electrons. The van der Waals surface area contributed by atoms with Crippen LogP contribution in [-0.2, 0) is 4.84 Å². The molecule has 0 aromatic heterocycles. The van der Waals surface area contributed by atoms with Crippen LogP contribution >= 0.6 is 12.4 Å². The molecule has 14 heavy (non-hydrogen) atoms. The number of hydrogen-bond donors (Lipinski definition) is 2. The van der Waals surface area contributed by atoms with E-state index in [1.807, 2.05) is 0 Å². The van der Waals surface area contributed by atoms with E-state index >= 15 is 0 Å². The van der Waals surface area contributed by atoms with Gasteiger partial charge in [0.1, 0.15) is 5.60 Å². The molecule has 3 N–H and O–H groups in total. The zero-order valence-corrected chi connectivity index (χ0v) is 9.05. The lowest BCUT2D eigenvalue weighted by Gasteiger charge is -2.47. The number of rotatable bonds is 0. The second-order valence-electron chi connectivity index (χ2n) is 4.81. The lowest BCUT2D eigenvalue weighted by molar-refractivity contribution is -0.147. The van der Waals surface area contributed by atoms with Crippen LogP contribution in [0.2, 0.25) is 0 Å². The van der Waals surface area contributed by atoms with Gasteiger partial charge in [-0.3, -0.25) is 10.7 Å². The number of fused-ring (bicyclic) bond motifs is 2. The summed E-state index contributed by atoms with van der Waals surface area (Å²) in [4.78, 5) is 5.68. The summed E-state index contributed by atoms with van der Waals surface area (Å²) in [6.07, 6.45) is 6.68. The first-order valence-electron chi connectivity index (χ1n) is 5.24. The molecule has 5 heteroatoms. The van der Waals surface area contributed by atoms with Crippen molar-refractivity contribution in [1.29, 1.82) is 0 Å². The fourth-order valence-corrected chi connectivity index (χ4v) is 3.37. The molecule has 1 saturated heterocycles. The summed E-state index contributed by atoms with van der Waals surface area (Å²) in [6, 6.07) is 0. The molecule has 4 nitrogen and oxygen atoms in total. The number of halogens is 1. The van der Waals surface area contributed by atoms with Crippen LogP contribution in [0.15, 0.2) is 0 Å². The van der Waals surface area contributed by atoms with Gasteiger partial charge >= 0.3 is 0 Å². The smallest absolute Gasteiger partial charge is 0.110 e. The van der Waals surface area contributed by atoms with E-state index in [-0.39, 0.29) is 18.0 Å². The number of hydrazine groups is 2. The molecule has 1 heterocycles. The third kappa shape index (κ3) is 1.46. The molecule has 1 spiro atoms. The van der Waals surface area contributed by atoms with E-state index < -0.39 is 0 Å². The number of nitrogens with two attached hydrogens (primary N) is 1. The zero-order chi connectivity index (χ0) is 8.89.